The lowest BCUT2D eigenvalue weighted by atomic mass is 10.1. The van der Waals surface area contributed by atoms with Crippen LogP contribution in [0.25, 0.3) is 28.4 Å². The average Bonchev–Trinajstić information content (AvgIpc) is 3.08. The number of fused-ring (bicyclic) bond motifs is 1. The third-order valence-electron chi connectivity index (χ3n) is 3.68. The number of carbonyl (C=O) groups is 1. The molecule has 26 heavy (non-hydrogen) atoms. The molecular formula is C20H16FN3O2. The summed E-state index contributed by atoms with van der Waals surface area (Å²) in [6, 6.07) is 7.44. The van der Waals surface area contributed by atoms with Gasteiger partial charge in [0.1, 0.15) is 5.82 Å². The topological polar surface area (TPSA) is 68.3 Å². The molecule has 0 bridgehead atoms. The van der Waals surface area contributed by atoms with Gasteiger partial charge in [0.25, 0.3) is 0 Å². The Morgan fingerprint density at radius 2 is 2.04 bits per heavy atom. The van der Waals surface area contributed by atoms with E-state index in [9.17, 15) is 9.18 Å². The van der Waals surface area contributed by atoms with Gasteiger partial charge >= 0.3 is 0 Å². The Bertz CT molecular complexity index is 1030. The molecule has 1 aromatic carbocycles. The van der Waals surface area contributed by atoms with E-state index >= 15 is 0 Å². The summed E-state index contributed by atoms with van der Waals surface area (Å²) in [6.45, 7) is 3.74. The number of carbonyl (C=O) groups excluding carboxylic acids is 1. The monoisotopic (exact) mass is 349 g/mol. The van der Waals surface area contributed by atoms with Crippen LogP contribution < -0.4 is 0 Å². The van der Waals surface area contributed by atoms with Crippen molar-refractivity contribution in [1.29, 1.82) is 0 Å². The smallest absolute Gasteiger partial charge is 0.204 e. The molecule has 0 radical (unpaired) electrons. The van der Waals surface area contributed by atoms with Crippen LogP contribution >= 0.6 is 0 Å². The van der Waals surface area contributed by atoms with Crippen molar-refractivity contribution in [2.45, 2.75) is 13.8 Å². The minimum absolute atomic E-state index is 0.321. The zero-order valence-electron chi connectivity index (χ0n) is 14.3. The Morgan fingerprint density at radius 1 is 1.27 bits per heavy atom. The number of nitrogens with zero attached hydrogens (tertiary/aromatic N) is 3. The molecule has 0 amide bonds. The summed E-state index contributed by atoms with van der Waals surface area (Å²) in [6.07, 6.45) is 7.76. The third-order valence-corrected chi connectivity index (χ3v) is 3.68. The molecule has 0 fully saturated rings. The zero-order chi connectivity index (χ0) is 18.5. The van der Waals surface area contributed by atoms with Crippen molar-refractivity contribution in [3.63, 3.8) is 0 Å². The van der Waals surface area contributed by atoms with Gasteiger partial charge in [-0.2, -0.15) is 0 Å². The highest BCUT2D eigenvalue weighted by Crippen LogP contribution is 2.30. The largest absolute Gasteiger partial charge is 0.353 e. The lowest BCUT2D eigenvalue weighted by Crippen LogP contribution is -1.90. The molecule has 3 rings (SSSR count). The minimum atomic E-state index is -0.352. The maximum absolute atomic E-state index is 13.1. The molecule has 0 aliphatic carbocycles. The maximum Gasteiger partial charge on any atom is 0.204 e. The van der Waals surface area contributed by atoms with E-state index in [0.29, 0.717) is 33.6 Å². The van der Waals surface area contributed by atoms with Gasteiger partial charge in [0.05, 0.1) is 11.1 Å². The van der Waals surface area contributed by atoms with Gasteiger partial charge in [-0.1, -0.05) is 11.2 Å². The van der Waals surface area contributed by atoms with Crippen LogP contribution in [0, 0.1) is 5.82 Å². The van der Waals surface area contributed by atoms with E-state index in [2.05, 4.69) is 15.1 Å². The molecule has 0 N–H and O–H groups in total. The van der Waals surface area contributed by atoms with Crippen molar-refractivity contribution in [2.75, 3.05) is 0 Å². The first-order valence-electron chi connectivity index (χ1n) is 7.96. The number of aldehydes is 1. The summed E-state index contributed by atoms with van der Waals surface area (Å²) < 4.78 is 18.5. The molecule has 2 aromatic heterocycles. The standard InChI is InChI=1S/C20H16FN3O2/c1-3-22-11-13(2)4-9-17-10-15(12-25)18-19(26-24-20(18)23-17)14-5-7-16(21)8-6-14/h3-12H,1-2H3/b9-4+,13-11-,22-3?. The number of benzene rings is 1. The van der Waals surface area contributed by atoms with Crippen LogP contribution in [0.2, 0.25) is 0 Å². The summed E-state index contributed by atoms with van der Waals surface area (Å²) in [5.74, 6) is 0.0352. The zero-order valence-corrected chi connectivity index (χ0v) is 14.3. The van der Waals surface area contributed by atoms with Gasteiger partial charge in [-0.15, -0.1) is 0 Å². The first kappa shape index (κ1) is 17.4. The molecule has 0 saturated heterocycles. The lowest BCUT2D eigenvalue weighted by molar-refractivity contribution is 0.112. The fraction of sp³-hybridized carbons (Fsp3) is 0.100. The molecule has 130 valence electrons. The predicted octanol–water partition coefficient (Wildman–Crippen LogP) is 4.85. The molecule has 0 spiro atoms. The van der Waals surface area contributed by atoms with Crippen LogP contribution in [-0.4, -0.2) is 22.6 Å². The molecular weight excluding hydrogens is 333 g/mol. The van der Waals surface area contributed by atoms with Crippen molar-refractivity contribution in [3.05, 3.63) is 65.3 Å². The average molecular weight is 349 g/mol. The van der Waals surface area contributed by atoms with E-state index < -0.39 is 0 Å². The van der Waals surface area contributed by atoms with Gasteiger partial charge in [0, 0.05) is 23.5 Å². The second-order valence-electron chi connectivity index (χ2n) is 5.59. The van der Waals surface area contributed by atoms with Crippen LogP contribution in [0.15, 0.2) is 57.7 Å². The van der Waals surface area contributed by atoms with Crippen molar-refractivity contribution < 1.29 is 13.7 Å². The van der Waals surface area contributed by atoms with E-state index in [4.69, 9.17) is 4.52 Å². The Balaban J connectivity index is 2.05. The Hall–Kier alpha value is -3.41. The summed E-state index contributed by atoms with van der Waals surface area (Å²) >= 11 is 0. The van der Waals surface area contributed by atoms with Gasteiger partial charge in [0.2, 0.25) is 5.65 Å². The number of hydrogen-bond acceptors (Lipinski definition) is 5. The number of pyridine rings is 1. The SMILES string of the molecule is CC=N/C=C(C)\C=C\c1cc(C=O)c2c(-c3ccc(F)cc3)onc2n1. The van der Waals surface area contributed by atoms with Gasteiger partial charge in [-0.05, 0) is 55.8 Å². The summed E-state index contributed by atoms with van der Waals surface area (Å²) in [5.41, 5.74) is 2.86. The number of halogens is 1. The summed E-state index contributed by atoms with van der Waals surface area (Å²) in [5, 5.41) is 4.46. The lowest BCUT2D eigenvalue weighted by Gasteiger charge is -2.00. The number of aromatic nitrogens is 2. The van der Waals surface area contributed by atoms with Gasteiger partial charge in [-0.25, -0.2) is 9.37 Å². The molecule has 2 heterocycles. The molecule has 0 saturated carbocycles. The number of allylic oxidation sites excluding steroid dienone is 2. The predicted molar refractivity (Wildman–Crippen MR) is 99.5 cm³/mol. The highest BCUT2D eigenvalue weighted by molar-refractivity contribution is 6.02. The molecule has 6 heteroatoms. The van der Waals surface area contributed by atoms with E-state index in [1.54, 1.807) is 36.7 Å². The molecule has 3 aromatic rings. The van der Waals surface area contributed by atoms with Crippen molar-refractivity contribution >= 4 is 29.6 Å². The molecule has 0 aliphatic heterocycles. The van der Waals surface area contributed by atoms with Crippen LogP contribution in [-0.2, 0) is 0 Å². The fourth-order valence-electron chi connectivity index (χ4n) is 2.43. The quantitative estimate of drug-likeness (QED) is 0.375. The van der Waals surface area contributed by atoms with Gasteiger partial charge in [0.15, 0.2) is 12.0 Å². The van der Waals surface area contributed by atoms with Crippen LogP contribution in [0.4, 0.5) is 4.39 Å². The first-order valence-corrected chi connectivity index (χ1v) is 7.96. The van der Waals surface area contributed by atoms with E-state index in [1.807, 2.05) is 19.9 Å². The number of hydrogen-bond donors (Lipinski definition) is 0. The van der Waals surface area contributed by atoms with Crippen molar-refractivity contribution in [3.8, 4) is 11.3 Å². The Morgan fingerprint density at radius 3 is 2.73 bits per heavy atom. The highest BCUT2D eigenvalue weighted by Gasteiger charge is 2.16. The normalized spacial score (nSPS) is 12.5. The minimum Gasteiger partial charge on any atom is -0.353 e. The van der Waals surface area contributed by atoms with Crippen molar-refractivity contribution in [1.82, 2.24) is 10.1 Å². The maximum atomic E-state index is 13.1. The molecule has 5 nitrogen and oxygen atoms in total. The number of aliphatic imine (C=N–C) groups is 1. The Labute approximate surface area is 149 Å². The highest BCUT2D eigenvalue weighted by atomic mass is 19.1. The molecule has 0 atom stereocenters. The first-order chi connectivity index (χ1) is 12.6. The summed E-state index contributed by atoms with van der Waals surface area (Å²) in [7, 11) is 0. The van der Waals surface area contributed by atoms with E-state index in [1.165, 1.54) is 12.1 Å². The van der Waals surface area contributed by atoms with E-state index in [0.717, 1.165) is 11.9 Å². The summed E-state index contributed by atoms with van der Waals surface area (Å²) in [4.78, 5) is 20.0. The fourth-order valence-corrected chi connectivity index (χ4v) is 2.43. The van der Waals surface area contributed by atoms with Crippen LogP contribution in [0.5, 0.6) is 0 Å². The van der Waals surface area contributed by atoms with Gasteiger partial charge < -0.3 is 4.52 Å². The number of rotatable bonds is 5. The molecule has 0 aliphatic rings. The van der Waals surface area contributed by atoms with Crippen LogP contribution in [0.1, 0.15) is 29.9 Å². The molecule has 0 unspecified atom stereocenters. The Kier molecular flexibility index (Phi) is 5.12. The van der Waals surface area contributed by atoms with Crippen LogP contribution in [0.3, 0.4) is 0 Å². The van der Waals surface area contributed by atoms with Crippen molar-refractivity contribution in [2.24, 2.45) is 4.99 Å². The van der Waals surface area contributed by atoms with E-state index in [-0.39, 0.29) is 5.82 Å². The van der Waals surface area contributed by atoms with Gasteiger partial charge in [-0.3, -0.25) is 9.79 Å². The second kappa shape index (κ2) is 7.65. The second-order valence-corrected chi connectivity index (χ2v) is 5.59. The third kappa shape index (κ3) is 3.64.